The number of sulfonamides is 1. The predicted molar refractivity (Wildman–Crippen MR) is 92.5 cm³/mol. The number of nitrogens with zero attached hydrogens (tertiary/aromatic N) is 1. The minimum absolute atomic E-state index is 0.0195. The van der Waals surface area contributed by atoms with Crippen molar-refractivity contribution in [2.45, 2.75) is 37.0 Å². The third-order valence-electron chi connectivity index (χ3n) is 4.12. The van der Waals surface area contributed by atoms with Crippen LogP contribution in [0.25, 0.3) is 0 Å². The van der Waals surface area contributed by atoms with Gasteiger partial charge in [-0.2, -0.15) is 0 Å². The maximum absolute atomic E-state index is 12.5. The van der Waals surface area contributed by atoms with Crippen LogP contribution in [-0.2, 0) is 14.8 Å². The number of nitrogens with one attached hydrogen (secondary N) is 1. The van der Waals surface area contributed by atoms with Gasteiger partial charge in [-0.25, -0.2) is 13.1 Å². The Kier molecular flexibility index (Phi) is 7.20. The average Bonchev–Trinajstić information content (AvgIpc) is 2.87. The Morgan fingerprint density at radius 1 is 1.12 bits per heavy atom. The molecule has 0 radical (unpaired) electrons. The van der Waals surface area contributed by atoms with E-state index in [4.69, 9.17) is 4.74 Å². The van der Waals surface area contributed by atoms with E-state index in [1.165, 1.54) is 12.1 Å². The quantitative estimate of drug-likeness (QED) is 0.760. The lowest BCUT2D eigenvalue weighted by Gasteiger charge is -2.20. The fourth-order valence-electron chi connectivity index (χ4n) is 2.74. The first-order valence-electron chi connectivity index (χ1n) is 8.42. The van der Waals surface area contributed by atoms with Crippen LogP contribution in [0.2, 0.25) is 0 Å². The van der Waals surface area contributed by atoms with Crippen LogP contribution in [0.1, 0.15) is 42.5 Å². The van der Waals surface area contributed by atoms with Gasteiger partial charge in [0, 0.05) is 38.9 Å². The molecule has 0 spiro atoms. The molecule has 0 aliphatic carbocycles. The van der Waals surface area contributed by atoms with Crippen LogP contribution in [0.15, 0.2) is 29.2 Å². The van der Waals surface area contributed by atoms with E-state index in [9.17, 15) is 13.2 Å². The first-order valence-corrected chi connectivity index (χ1v) is 9.91. The highest BCUT2D eigenvalue weighted by molar-refractivity contribution is 7.89. The summed E-state index contributed by atoms with van der Waals surface area (Å²) < 4.78 is 31.8. The lowest BCUT2D eigenvalue weighted by atomic mass is 10.2. The van der Waals surface area contributed by atoms with E-state index in [0.717, 1.165) is 38.8 Å². The van der Waals surface area contributed by atoms with Gasteiger partial charge in [-0.3, -0.25) is 4.79 Å². The molecular formula is C17H26N2O4S. The zero-order valence-corrected chi connectivity index (χ0v) is 15.0. The standard InChI is InChI=1S/C17H26N2O4S/c1-23-14-6-11-18-24(21,22)16-9-7-15(8-10-16)17(20)19-12-4-2-3-5-13-19/h7-10,18H,2-6,11-14H2,1H3. The van der Waals surface area contributed by atoms with E-state index in [2.05, 4.69) is 4.72 Å². The molecule has 0 atom stereocenters. The zero-order chi connectivity index (χ0) is 17.4. The van der Waals surface area contributed by atoms with Crippen LogP contribution < -0.4 is 4.72 Å². The molecule has 1 aromatic carbocycles. The molecule has 1 aliphatic heterocycles. The van der Waals surface area contributed by atoms with Gasteiger partial charge >= 0.3 is 0 Å². The van der Waals surface area contributed by atoms with Crippen molar-refractivity contribution in [2.75, 3.05) is 33.4 Å². The van der Waals surface area contributed by atoms with Crippen molar-refractivity contribution in [3.8, 4) is 0 Å². The summed E-state index contributed by atoms with van der Waals surface area (Å²) in [6, 6.07) is 6.17. The summed E-state index contributed by atoms with van der Waals surface area (Å²) in [5.41, 5.74) is 0.537. The second kappa shape index (κ2) is 9.15. The van der Waals surface area contributed by atoms with Gasteiger partial charge in [0.15, 0.2) is 0 Å². The van der Waals surface area contributed by atoms with Gasteiger partial charge in [-0.15, -0.1) is 0 Å². The lowest BCUT2D eigenvalue weighted by molar-refractivity contribution is 0.0761. The number of carbonyl (C=O) groups excluding carboxylic acids is 1. The number of hydrogen-bond donors (Lipinski definition) is 1. The highest BCUT2D eigenvalue weighted by atomic mass is 32.2. The number of ether oxygens (including phenoxy) is 1. The minimum Gasteiger partial charge on any atom is -0.385 e. The fourth-order valence-corrected chi connectivity index (χ4v) is 3.81. The summed E-state index contributed by atoms with van der Waals surface area (Å²) in [5, 5.41) is 0. The average molecular weight is 354 g/mol. The molecule has 1 aliphatic rings. The molecule has 24 heavy (non-hydrogen) atoms. The summed E-state index contributed by atoms with van der Waals surface area (Å²) in [6.45, 7) is 2.39. The summed E-state index contributed by atoms with van der Waals surface area (Å²) in [7, 11) is -1.97. The Balaban J connectivity index is 1.99. The first-order chi connectivity index (χ1) is 11.5. The van der Waals surface area contributed by atoms with E-state index in [1.54, 1.807) is 19.2 Å². The molecule has 1 N–H and O–H groups in total. The van der Waals surface area contributed by atoms with Gasteiger partial charge in [0.1, 0.15) is 0 Å². The van der Waals surface area contributed by atoms with E-state index in [0.29, 0.717) is 25.1 Å². The molecule has 134 valence electrons. The smallest absolute Gasteiger partial charge is 0.253 e. The molecule has 6 nitrogen and oxygen atoms in total. The summed E-state index contributed by atoms with van der Waals surface area (Å²) in [6.07, 6.45) is 5.00. The number of methoxy groups -OCH3 is 1. The number of benzene rings is 1. The van der Waals surface area contributed by atoms with E-state index < -0.39 is 10.0 Å². The van der Waals surface area contributed by atoms with Crippen LogP contribution in [0.3, 0.4) is 0 Å². The Labute approximate surface area is 144 Å². The van der Waals surface area contributed by atoms with Crippen LogP contribution in [-0.4, -0.2) is 52.6 Å². The van der Waals surface area contributed by atoms with Gasteiger partial charge in [0.2, 0.25) is 10.0 Å². The minimum atomic E-state index is -3.54. The molecule has 1 fully saturated rings. The molecule has 2 rings (SSSR count). The number of hydrogen-bond acceptors (Lipinski definition) is 4. The molecule has 1 saturated heterocycles. The molecule has 1 heterocycles. The van der Waals surface area contributed by atoms with Gasteiger partial charge in [0.25, 0.3) is 5.91 Å². The molecule has 0 aromatic heterocycles. The highest BCUT2D eigenvalue weighted by Gasteiger charge is 2.19. The van der Waals surface area contributed by atoms with Crippen molar-refractivity contribution in [3.63, 3.8) is 0 Å². The van der Waals surface area contributed by atoms with Crippen LogP contribution in [0, 0.1) is 0 Å². The van der Waals surface area contributed by atoms with Gasteiger partial charge in [-0.05, 0) is 43.5 Å². The summed E-state index contributed by atoms with van der Waals surface area (Å²) >= 11 is 0. The molecule has 7 heteroatoms. The summed E-state index contributed by atoms with van der Waals surface area (Å²) in [4.78, 5) is 14.5. The third-order valence-corrected chi connectivity index (χ3v) is 5.60. The Bertz CT molecular complexity index is 620. The van der Waals surface area contributed by atoms with Crippen LogP contribution in [0.5, 0.6) is 0 Å². The van der Waals surface area contributed by atoms with Gasteiger partial charge < -0.3 is 9.64 Å². The number of likely N-dealkylation sites (tertiary alicyclic amines) is 1. The van der Waals surface area contributed by atoms with Gasteiger partial charge in [-0.1, -0.05) is 12.8 Å². The number of carbonyl (C=O) groups is 1. The second-order valence-electron chi connectivity index (χ2n) is 5.97. The Morgan fingerprint density at radius 2 is 1.75 bits per heavy atom. The normalized spacial score (nSPS) is 16.0. The largest absolute Gasteiger partial charge is 0.385 e. The monoisotopic (exact) mass is 354 g/mol. The predicted octanol–water partition coefficient (Wildman–Crippen LogP) is 2.02. The lowest BCUT2D eigenvalue weighted by Crippen LogP contribution is -2.31. The molecular weight excluding hydrogens is 328 g/mol. The third kappa shape index (κ3) is 5.29. The van der Waals surface area contributed by atoms with Crippen molar-refractivity contribution in [3.05, 3.63) is 29.8 Å². The van der Waals surface area contributed by atoms with Crippen LogP contribution in [0.4, 0.5) is 0 Å². The molecule has 0 saturated carbocycles. The SMILES string of the molecule is COCCCNS(=O)(=O)c1ccc(C(=O)N2CCCCCC2)cc1. The van der Waals surface area contributed by atoms with Gasteiger partial charge in [0.05, 0.1) is 4.90 Å². The van der Waals surface area contributed by atoms with Crippen LogP contribution >= 0.6 is 0 Å². The maximum atomic E-state index is 12.5. The molecule has 0 bridgehead atoms. The van der Waals surface area contributed by atoms with Crippen molar-refractivity contribution < 1.29 is 17.9 Å². The van der Waals surface area contributed by atoms with E-state index >= 15 is 0 Å². The molecule has 1 amide bonds. The van der Waals surface area contributed by atoms with Crippen molar-refractivity contribution >= 4 is 15.9 Å². The zero-order valence-electron chi connectivity index (χ0n) is 14.2. The maximum Gasteiger partial charge on any atom is 0.253 e. The van der Waals surface area contributed by atoms with Crippen molar-refractivity contribution in [1.29, 1.82) is 0 Å². The fraction of sp³-hybridized carbons (Fsp3) is 0.588. The Morgan fingerprint density at radius 3 is 2.33 bits per heavy atom. The molecule has 0 unspecified atom stereocenters. The first kappa shape index (κ1) is 18.9. The Hall–Kier alpha value is -1.44. The van der Waals surface area contributed by atoms with E-state index in [1.807, 2.05) is 4.90 Å². The number of rotatable bonds is 7. The molecule has 1 aromatic rings. The highest BCUT2D eigenvalue weighted by Crippen LogP contribution is 2.15. The second-order valence-corrected chi connectivity index (χ2v) is 7.74. The summed E-state index contributed by atoms with van der Waals surface area (Å²) in [5.74, 6) is -0.0195. The number of amides is 1. The van der Waals surface area contributed by atoms with Crippen molar-refractivity contribution in [1.82, 2.24) is 9.62 Å². The van der Waals surface area contributed by atoms with E-state index in [-0.39, 0.29) is 10.8 Å². The van der Waals surface area contributed by atoms with Crippen molar-refractivity contribution in [2.24, 2.45) is 0 Å². The topological polar surface area (TPSA) is 75.7 Å².